The van der Waals surface area contributed by atoms with E-state index >= 15 is 0 Å². The number of hydrogen-bond donors (Lipinski definition) is 2. The molecule has 0 heterocycles. The molecule has 0 saturated heterocycles. The van der Waals surface area contributed by atoms with Crippen molar-refractivity contribution in [3.63, 3.8) is 0 Å². The summed E-state index contributed by atoms with van der Waals surface area (Å²) < 4.78 is 49.5. The second-order valence-corrected chi connectivity index (χ2v) is 9.30. The second-order valence-electron chi connectivity index (χ2n) is 9.30. The Morgan fingerprint density at radius 1 is 0.744 bits per heavy atom. The minimum absolute atomic E-state index is 0.104. The number of rotatable bonds is 17. The summed E-state index contributed by atoms with van der Waals surface area (Å²) in [5.41, 5.74) is 7.24. The molecule has 0 unspecified atom stereocenters. The van der Waals surface area contributed by atoms with Gasteiger partial charge in [-0.3, -0.25) is 0 Å². The summed E-state index contributed by atoms with van der Waals surface area (Å²) >= 11 is 0. The zero-order chi connectivity index (χ0) is 28.8. The van der Waals surface area contributed by atoms with Crippen LogP contribution in [-0.2, 0) is 27.1 Å². The van der Waals surface area contributed by atoms with Crippen molar-refractivity contribution in [3.8, 4) is 11.5 Å². The van der Waals surface area contributed by atoms with Gasteiger partial charge in [-0.15, -0.1) is 0 Å². The van der Waals surface area contributed by atoms with Gasteiger partial charge in [0.15, 0.2) is 0 Å². The molecule has 2 rings (SSSR count). The third-order valence-corrected chi connectivity index (χ3v) is 4.80. The van der Waals surface area contributed by atoms with Gasteiger partial charge in [-0.2, -0.15) is 0 Å². The summed E-state index contributed by atoms with van der Waals surface area (Å²) in [6.07, 6.45) is 1.17. The lowest BCUT2D eigenvalue weighted by atomic mass is 10.1. The molecule has 1 amide bonds. The van der Waals surface area contributed by atoms with E-state index in [9.17, 15) is 13.6 Å². The molecular formula is C29H44F2N2O6. The van der Waals surface area contributed by atoms with Crippen molar-refractivity contribution in [2.24, 2.45) is 5.73 Å². The number of amides is 1. The number of alkyl carbamates (subject to hydrolysis) is 1. The van der Waals surface area contributed by atoms with Crippen molar-refractivity contribution in [2.45, 2.75) is 39.2 Å². The van der Waals surface area contributed by atoms with Gasteiger partial charge in [-0.05, 0) is 75.5 Å². The lowest BCUT2D eigenvalue weighted by molar-refractivity contribution is 0.0528. The van der Waals surface area contributed by atoms with Crippen LogP contribution >= 0.6 is 0 Å². The molecule has 0 aromatic heterocycles. The summed E-state index contributed by atoms with van der Waals surface area (Å²) in [5.74, 6) is 1.53. The third kappa shape index (κ3) is 18.9. The molecule has 0 saturated carbocycles. The Hall–Kier alpha value is -2.95. The monoisotopic (exact) mass is 554 g/mol. The van der Waals surface area contributed by atoms with Gasteiger partial charge >= 0.3 is 6.09 Å². The van der Waals surface area contributed by atoms with Crippen LogP contribution in [0.15, 0.2) is 48.5 Å². The molecule has 0 fully saturated rings. The van der Waals surface area contributed by atoms with E-state index < -0.39 is 25.0 Å². The minimum Gasteiger partial charge on any atom is -0.491 e. The molecule has 10 heteroatoms. The first-order valence-electron chi connectivity index (χ1n) is 13.1. The number of ether oxygens (including phenoxy) is 5. The number of nitrogens with one attached hydrogen (secondary N) is 1. The molecular weight excluding hydrogens is 510 g/mol. The fraction of sp³-hybridized carbons (Fsp3) is 0.552. The molecule has 0 bridgehead atoms. The SMILES string of the molecule is CC(C)(C)OC(=O)NCCc1ccc(OCCOCCF)cc1.NCCc1ccc(OCCOCCF)cc1. The van der Waals surface area contributed by atoms with Crippen molar-refractivity contribution < 1.29 is 37.3 Å². The standard InChI is InChI=1S/C17H26FNO4.C12H18FNO2/c1-17(2,3)23-16(20)19-10-8-14-4-6-15(7-5-14)22-13-12-21-11-9-18;13-6-8-15-9-10-16-12-3-1-11(2-4-12)5-7-14/h4-7H,8-13H2,1-3H3,(H,19,20);1-4H,5-10,14H2. The Labute approximate surface area is 231 Å². The summed E-state index contributed by atoms with van der Waals surface area (Å²) in [7, 11) is 0. The predicted molar refractivity (Wildman–Crippen MR) is 148 cm³/mol. The van der Waals surface area contributed by atoms with Crippen molar-refractivity contribution in [1.82, 2.24) is 5.32 Å². The van der Waals surface area contributed by atoms with Gasteiger partial charge in [-0.1, -0.05) is 24.3 Å². The topological polar surface area (TPSA) is 101 Å². The van der Waals surface area contributed by atoms with E-state index in [1.54, 1.807) is 0 Å². The molecule has 8 nitrogen and oxygen atoms in total. The lowest BCUT2D eigenvalue weighted by Gasteiger charge is -2.19. The van der Waals surface area contributed by atoms with Crippen LogP contribution in [-0.4, -0.2) is 77.8 Å². The van der Waals surface area contributed by atoms with E-state index in [4.69, 9.17) is 29.4 Å². The molecule has 2 aromatic carbocycles. The average molecular weight is 555 g/mol. The maximum absolute atomic E-state index is 11.8. The Morgan fingerprint density at radius 3 is 1.62 bits per heavy atom. The number of halogens is 2. The quantitative estimate of drug-likeness (QED) is 0.274. The molecule has 0 aliphatic rings. The number of nitrogens with two attached hydrogens (primary N) is 1. The lowest BCUT2D eigenvalue weighted by Crippen LogP contribution is -2.33. The molecule has 0 spiro atoms. The molecule has 0 aliphatic carbocycles. The first-order chi connectivity index (χ1) is 18.8. The van der Waals surface area contributed by atoms with E-state index in [0.29, 0.717) is 45.9 Å². The molecule has 220 valence electrons. The van der Waals surface area contributed by atoms with Gasteiger partial charge < -0.3 is 34.7 Å². The van der Waals surface area contributed by atoms with Crippen molar-refractivity contribution in [2.75, 3.05) is 66.1 Å². The Balaban J connectivity index is 0.000000416. The van der Waals surface area contributed by atoms with Gasteiger partial charge in [-0.25, -0.2) is 13.6 Å². The van der Waals surface area contributed by atoms with Crippen molar-refractivity contribution in [3.05, 3.63) is 59.7 Å². The number of carbonyl (C=O) groups is 1. The summed E-state index contributed by atoms with van der Waals surface area (Å²) in [6.45, 7) is 7.56. The van der Waals surface area contributed by atoms with Gasteiger partial charge in [0.2, 0.25) is 0 Å². The molecule has 2 aromatic rings. The van der Waals surface area contributed by atoms with Crippen molar-refractivity contribution in [1.29, 1.82) is 0 Å². The number of alkyl halides is 2. The van der Waals surface area contributed by atoms with Crippen LogP contribution in [0, 0.1) is 0 Å². The van der Waals surface area contributed by atoms with Crippen LogP contribution in [0.25, 0.3) is 0 Å². The number of carbonyl (C=O) groups excluding carboxylic acids is 1. The summed E-state index contributed by atoms with van der Waals surface area (Å²) in [5, 5.41) is 2.72. The largest absolute Gasteiger partial charge is 0.491 e. The smallest absolute Gasteiger partial charge is 0.407 e. The molecule has 0 radical (unpaired) electrons. The highest BCUT2D eigenvalue weighted by molar-refractivity contribution is 5.67. The zero-order valence-corrected chi connectivity index (χ0v) is 23.4. The maximum Gasteiger partial charge on any atom is 0.407 e. The van der Waals surface area contributed by atoms with Gasteiger partial charge in [0.05, 0.1) is 26.4 Å². The zero-order valence-electron chi connectivity index (χ0n) is 23.4. The predicted octanol–water partition coefficient (Wildman–Crippen LogP) is 4.67. The van der Waals surface area contributed by atoms with Crippen LogP contribution in [0.1, 0.15) is 31.9 Å². The first-order valence-corrected chi connectivity index (χ1v) is 13.1. The van der Waals surface area contributed by atoms with Gasteiger partial charge in [0, 0.05) is 6.54 Å². The summed E-state index contributed by atoms with van der Waals surface area (Å²) in [4.78, 5) is 11.5. The molecule has 39 heavy (non-hydrogen) atoms. The van der Waals surface area contributed by atoms with E-state index in [1.807, 2.05) is 69.3 Å². The number of benzene rings is 2. The normalized spacial score (nSPS) is 10.8. The third-order valence-electron chi connectivity index (χ3n) is 4.80. The van der Waals surface area contributed by atoms with Crippen LogP contribution in [0.5, 0.6) is 11.5 Å². The van der Waals surface area contributed by atoms with Gasteiger partial charge in [0.25, 0.3) is 0 Å². The minimum atomic E-state index is -0.489. The van der Waals surface area contributed by atoms with Crippen LogP contribution < -0.4 is 20.5 Å². The van der Waals surface area contributed by atoms with E-state index in [-0.39, 0.29) is 13.2 Å². The van der Waals surface area contributed by atoms with Crippen molar-refractivity contribution >= 4 is 6.09 Å². The fourth-order valence-corrected chi connectivity index (χ4v) is 3.04. The molecule has 0 atom stereocenters. The Bertz CT molecular complexity index is 877. The maximum atomic E-state index is 11.8. The van der Waals surface area contributed by atoms with Crippen LogP contribution in [0.3, 0.4) is 0 Å². The highest BCUT2D eigenvalue weighted by Gasteiger charge is 2.15. The Kier molecular flexibility index (Phi) is 18.3. The molecule has 3 N–H and O–H groups in total. The van der Waals surface area contributed by atoms with E-state index in [1.165, 1.54) is 5.56 Å². The van der Waals surface area contributed by atoms with Crippen LogP contribution in [0.2, 0.25) is 0 Å². The van der Waals surface area contributed by atoms with E-state index in [0.717, 1.165) is 23.5 Å². The van der Waals surface area contributed by atoms with E-state index in [2.05, 4.69) is 5.32 Å². The highest BCUT2D eigenvalue weighted by Crippen LogP contribution is 2.13. The summed E-state index contributed by atoms with van der Waals surface area (Å²) in [6, 6.07) is 15.4. The van der Waals surface area contributed by atoms with Crippen LogP contribution in [0.4, 0.5) is 13.6 Å². The number of hydrogen-bond acceptors (Lipinski definition) is 7. The van der Waals surface area contributed by atoms with Gasteiger partial charge in [0.1, 0.15) is 43.7 Å². The first kappa shape index (κ1) is 34.1. The fourth-order valence-electron chi connectivity index (χ4n) is 3.04. The average Bonchev–Trinajstić information content (AvgIpc) is 2.90. The Morgan fingerprint density at radius 2 is 1.21 bits per heavy atom. The molecule has 0 aliphatic heterocycles. The second kappa shape index (κ2) is 20.9. The highest BCUT2D eigenvalue weighted by atomic mass is 19.1.